The van der Waals surface area contributed by atoms with E-state index in [1.54, 1.807) is 6.07 Å². The van der Waals surface area contributed by atoms with E-state index < -0.39 is 5.76 Å². The molecule has 1 aromatic heterocycles. The Balaban J connectivity index is 1.47. The number of fused-ring (bicyclic) bond motifs is 6. The molecule has 4 atom stereocenters. The Bertz CT molecular complexity index is 746. The third-order valence-electron chi connectivity index (χ3n) is 5.65. The lowest BCUT2D eigenvalue weighted by Crippen LogP contribution is -2.13. The van der Waals surface area contributed by atoms with Crippen molar-refractivity contribution in [2.24, 2.45) is 23.7 Å². The molecule has 1 heterocycles. The van der Waals surface area contributed by atoms with E-state index >= 15 is 0 Å². The van der Waals surface area contributed by atoms with Crippen molar-refractivity contribution in [2.45, 2.75) is 25.3 Å². The quantitative estimate of drug-likeness (QED) is 0.731. The smallest absolute Gasteiger partial charge is 0.408 e. The summed E-state index contributed by atoms with van der Waals surface area (Å²) in [5, 5.41) is 3.60. The van der Waals surface area contributed by atoms with Crippen molar-refractivity contribution < 1.29 is 4.42 Å². The number of aromatic amines is 1. The third kappa shape index (κ3) is 1.30. The summed E-state index contributed by atoms with van der Waals surface area (Å²) in [4.78, 5) is 13.9. The second kappa shape index (κ2) is 3.40. The molecule has 1 aromatic carbocycles. The van der Waals surface area contributed by atoms with Crippen LogP contribution in [0.15, 0.2) is 21.3 Å². The van der Waals surface area contributed by atoms with Crippen molar-refractivity contribution in [1.82, 2.24) is 4.98 Å². The van der Waals surface area contributed by atoms with Gasteiger partial charge in [0.05, 0.1) is 16.9 Å². The Hall–Kier alpha value is -1.91. The monoisotopic (exact) mass is 271 g/mol. The zero-order chi connectivity index (χ0) is 13.4. The molecular weight excluding hydrogens is 254 g/mol. The zero-order valence-corrected chi connectivity index (χ0v) is 11.1. The normalized spacial score (nSPS) is 37.3. The van der Waals surface area contributed by atoms with Gasteiger partial charge in [0.25, 0.3) is 0 Å². The molecule has 2 bridgehead atoms. The number of rotatable bonds is 2. The summed E-state index contributed by atoms with van der Waals surface area (Å²) >= 11 is 0. The fourth-order valence-corrected chi connectivity index (χ4v) is 4.84. The highest BCUT2D eigenvalue weighted by atomic mass is 16.4. The average Bonchev–Trinajstić information content (AvgIpc) is 2.78. The molecule has 4 N–H and O–H groups in total. The Morgan fingerprint density at radius 1 is 1.25 bits per heavy atom. The highest BCUT2D eigenvalue weighted by Gasteiger charge is 2.65. The van der Waals surface area contributed by atoms with Gasteiger partial charge < -0.3 is 15.5 Å². The molecule has 5 heteroatoms. The topological polar surface area (TPSA) is 84.0 Å². The van der Waals surface area contributed by atoms with Crippen LogP contribution in [-0.4, -0.2) is 11.0 Å². The van der Waals surface area contributed by atoms with Crippen LogP contribution in [0.5, 0.6) is 0 Å². The zero-order valence-electron chi connectivity index (χ0n) is 11.1. The number of benzene rings is 1. The number of nitrogens with two attached hydrogens (primary N) is 1. The van der Waals surface area contributed by atoms with Crippen molar-refractivity contribution in [3.8, 4) is 0 Å². The molecule has 104 valence electrons. The molecule has 0 amide bonds. The summed E-state index contributed by atoms with van der Waals surface area (Å²) in [5.74, 6) is 3.14. The molecule has 5 rings (SSSR count). The Labute approximate surface area is 115 Å². The number of nitrogen functional groups attached to an aromatic ring is 1. The van der Waals surface area contributed by atoms with Gasteiger partial charge >= 0.3 is 5.76 Å². The molecule has 0 saturated heterocycles. The van der Waals surface area contributed by atoms with Crippen LogP contribution in [-0.2, 0) is 0 Å². The Kier molecular flexibility index (Phi) is 1.84. The number of H-pyrrole nitrogens is 1. The number of hydrogen-bond acceptors (Lipinski definition) is 4. The van der Waals surface area contributed by atoms with Crippen LogP contribution in [0.2, 0.25) is 0 Å². The van der Waals surface area contributed by atoms with E-state index in [1.807, 2.05) is 6.07 Å². The van der Waals surface area contributed by atoms with E-state index in [0.717, 1.165) is 29.4 Å². The maximum absolute atomic E-state index is 11.2. The second-order valence-electron chi connectivity index (χ2n) is 6.61. The Morgan fingerprint density at radius 3 is 2.75 bits per heavy atom. The van der Waals surface area contributed by atoms with Gasteiger partial charge in [-0.05, 0) is 49.0 Å². The summed E-state index contributed by atoms with van der Waals surface area (Å²) in [6.07, 6.45) is 4.26. The van der Waals surface area contributed by atoms with Gasteiger partial charge in [0.15, 0.2) is 5.58 Å². The number of hydrogen-bond donors (Lipinski definition) is 3. The van der Waals surface area contributed by atoms with Crippen LogP contribution in [0.4, 0.5) is 11.4 Å². The SMILES string of the molecule is Nc1cc2oc(=O)[nH]c2cc1NC1C2C3CCC(C3)C12. The van der Waals surface area contributed by atoms with Gasteiger partial charge in [-0.25, -0.2) is 4.79 Å². The molecule has 5 nitrogen and oxygen atoms in total. The highest BCUT2D eigenvalue weighted by Crippen LogP contribution is 2.66. The molecular formula is C15H17N3O2. The molecule has 0 spiro atoms. The summed E-state index contributed by atoms with van der Waals surface area (Å²) in [6, 6.07) is 4.20. The summed E-state index contributed by atoms with van der Waals surface area (Å²) < 4.78 is 5.02. The minimum atomic E-state index is -0.433. The molecule has 3 fully saturated rings. The fourth-order valence-electron chi connectivity index (χ4n) is 4.84. The number of anilines is 2. The third-order valence-corrected chi connectivity index (χ3v) is 5.65. The lowest BCUT2D eigenvalue weighted by molar-refractivity contribution is 0.456. The first-order valence-electron chi connectivity index (χ1n) is 7.39. The first kappa shape index (κ1) is 10.8. The van der Waals surface area contributed by atoms with Crippen LogP contribution < -0.4 is 16.8 Å². The van der Waals surface area contributed by atoms with Gasteiger partial charge in [0.2, 0.25) is 0 Å². The lowest BCUT2D eigenvalue weighted by Gasteiger charge is -2.13. The summed E-state index contributed by atoms with van der Waals surface area (Å²) in [7, 11) is 0. The van der Waals surface area contributed by atoms with Gasteiger partial charge in [-0.2, -0.15) is 0 Å². The van der Waals surface area contributed by atoms with Crippen LogP contribution in [0, 0.1) is 23.7 Å². The van der Waals surface area contributed by atoms with E-state index in [9.17, 15) is 4.79 Å². The predicted octanol–water partition coefficient (Wildman–Crippen LogP) is 2.16. The maximum Gasteiger partial charge on any atom is 0.417 e. The van der Waals surface area contributed by atoms with Gasteiger partial charge in [-0.15, -0.1) is 0 Å². The fraction of sp³-hybridized carbons (Fsp3) is 0.533. The molecule has 4 unspecified atom stereocenters. The minimum absolute atomic E-state index is 0.433. The van der Waals surface area contributed by atoms with Crippen molar-refractivity contribution in [2.75, 3.05) is 11.1 Å². The minimum Gasteiger partial charge on any atom is -0.408 e. The standard InChI is InChI=1S/C15H17N3O2/c16-8-4-11-10(18-15(19)20-11)5-9(8)17-14-12-6-1-2-7(3-6)13(12)14/h4-7,12-14,17H,1-3,16H2,(H,18,19). The van der Waals surface area contributed by atoms with E-state index in [0.29, 0.717) is 22.8 Å². The number of aromatic nitrogens is 1. The Morgan fingerprint density at radius 2 is 2.00 bits per heavy atom. The van der Waals surface area contributed by atoms with Gasteiger partial charge in [-0.3, -0.25) is 4.98 Å². The first-order chi connectivity index (χ1) is 9.70. The molecule has 20 heavy (non-hydrogen) atoms. The van der Waals surface area contributed by atoms with Gasteiger partial charge in [-0.1, -0.05) is 0 Å². The first-order valence-corrected chi connectivity index (χ1v) is 7.39. The van der Waals surface area contributed by atoms with Gasteiger partial charge in [0.1, 0.15) is 0 Å². The lowest BCUT2D eigenvalue weighted by atomic mass is 10.0. The van der Waals surface area contributed by atoms with E-state index in [2.05, 4.69) is 10.3 Å². The van der Waals surface area contributed by atoms with Crippen LogP contribution in [0.1, 0.15) is 19.3 Å². The summed E-state index contributed by atoms with van der Waals surface area (Å²) in [6.45, 7) is 0. The number of nitrogens with one attached hydrogen (secondary N) is 2. The summed E-state index contributed by atoms with van der Waals surface area (Å²) in [5.41, 5.74) is 8.87. The molecule has 2 aromatic rings. The number of oxazole rings is 1. The average molecular weight is 271 g/mol. The van der Waals surface area contributed by atoms with E-state index in [-0.39, 0.29) is 0 Å². The van der Waals surface area contributed by atoms with Crippen LogP contribution in [0.3, 0.4) is 0 Å². The van der Waals surface area contributed by atoms with Gasteiger partial charge in [0, 0.05) is 12.1 Å². The van der Waals surface area contributed by atoms with Crippen molar-refractivity contribution in [3.05, 3.63) is 22.7 Å². The second-order valence-corrected chi connectivity index (χ2v) is 6.61. The van der Waals surface area contributed by atoms with Crippen LogP contribution in [0.25, 0.3) is 11.1 Å². The molecule has 3 aliphatic rings. The van der Waals surface area contributed by atoms with Crippen molar-refractivity contribution in [1.29, 1.82) is 0 Å². The van der Waals surface area contributed by atoms with Crippen LogP contribution >= 0.6 is 0 Å². The van der Waals surface area contributed by atoms with E-state index in [4.69, 9.17) is 10.2 Å². The van der Waals surface area contributed by atoms with E-state index in [1.165, 1.54) is 19.3 Å². The molecule has 3 aliphatic carbocycles. The molecule has 0 aliphatic heterocycles. The highest BCUT2D eigenvalue weighted by molar-refractivity contribution is 5.85. The largest absolute Gasteiger partial charge is 0.417 e. The molecule has 0 radical (unpaired) electrons. The maximum atomic E-state index is 11.2. The van der Waals surface area contributed by atoms with Crippen molar-refractivity contribution in [3.63, 3.8) is 0 Å². The van der Waals surface area contributed by atoms with Crippen molar-refractivity contribution >= 4 is 22.5 Å². The predicted molar refractivity (Wildman–Crippen MR) is 76.5 cm³/mol. The molecule has 3 saturated carbocycles.